The van der Waals surface area contributed by atoms with Crippen molar-refractivity contribution in [2.75, 3.05) is 6.61 Å². The zero-order valence-corrected chi connectivity index (χ0v) is 18.5. The normalized spacial score (nSPS) is 10.9. The van der Waals surface area contributed by atoms with Gasteiger partial charge in [0.2, 0.25) is 0 Å². The average Bonchev–Trinajstić information content (AvgIpc) is 3.30. The van der Waals surface area contributed by atoms with Crippen LogP contribution in [-0.2, 0) is 17.9 Å². The van der Waals surface area contributed by atoms with Crippen LogP contribution in [0.1, 0.15) is 22.9 Å². The molecule has 7 heteroatoms. The largest absolute Gasteiger partial charge is 0.490 e. The van der Waals surface area contributed by atoms with Crippen molar-refractivity contribution >= 4 is 34.9 Å². The van der Waals surface area contributed by atoms with Crippen molar-refractivity contribution in [2.24, 2.45) is 0 Å². The fourth-order valence-corrected chi connectivity index (χ4v) is 3.51. The van der Waals surface area contributed by atoms with Crippen LogP contribution in [0, 0.1) is 11.3 Å². The molecule has 1 heterocycles. The second-order valence-electron chi connectivity index (χ2n) is 6.49. The first-order valence-electron chi connectivity index (χ1n) is 9.65. The number of halogens is 1. The second kappa shape index (κ2) is 11.2. The lowest BCUT2D eigenvalue weighted by atomic mass is 10.1. The number of nitriles is 1. The van der Waals surface area contributed by atoms with Gasteiger partial charge in [0.25, 0.3) is 5.91 Å². The quantitative estimate of drug-likeness (QED) is 0.338. The molecule has 1 aromatic heterocycles. The Bertz CT molecular complexity index is 1090. The number of ether oxygens (including phenoxy) is 2. The van der Waals surface area contributed by atoms with Crippen molar-refractivity contribution in [1.82, 2.24) is 5.32 Å². The van der Waals surface area contributed by atoms with Gasteiger partial charge in [-0.15, -0.1) is 11.3 Å². The maximum atomic E-state index is 12.4. The third-order valence-corrected chi connectivity index (χ3v) is 5.38. The van der Waals surface area contributed by atoms with Gasteiger partial charge >= 0.3 is 0 Å². The van der Waals surface area contributed by atoms with Crippen LogP contribution in [0.2, 0.25) is 5.02 Å². The van der Waals surface area contributed by atoms with E-state index in [2.05, 4.69) is 5.32 Å². The van der Waals surface area contributed by atoms with E-state index < -0.39 is 5.91 Å². The summed E-state index contributed by atoms with van der Waals surface area (Å²) < 4.78 is 11.6. The molecule has 0 aliphatic rings. The SMILES string of the molecule is CCOc1cc(/C=C(\C#N)C(=O)NCc2cccs2)ccc1OCc1ccc(Cl)cc1. The molecule has 0 radical (unpaired) electrons. The van der Waals surface area contributed by atoms with Crippen molar-refractivity contribution in [3.8, 4) is 17.6 Å². The minimum absolute atomic E-state index is 0.0221. The topological polar surface area (TPSA) is 71.3 Å². The number of nitrogens with zero attached hydrogens (tertiary/aromatic N) is 1. The highest BCUT2D eigenvalue weighted by Crippen LogP contribution is 2.30. The van der Waals surface area contributed by atoms with Crippen LogP contribution in [0.3, 0.4) is 0 Å². The number of hydrogen-bond donors (Lipinski definition) is 1. The molecule has 0 fully saturated rings. The third kappa shape index (κ3) is 6.61. The van der Waals surface area contributed by atoms with Crippen molar-refractivity contribution in [3.63, 3.8) is 0 Å². The zero-order valence-electron chi connectivity index (χ0n) is 16.9. The smallest absolute Gasteiger partial charge is 0.262 e. The van der Waals surface area contributed by atoms with Gasteiger partial charge in [-0.05, 0) is 59.8 Å². The highest BCUT2D eigenvalue weighted by Gasteiger charge is 2.11. The Morgan fingerprint density at radius 2 is 1.97 bits per heavy atom. The second-order valence-corrected chi connectivity index (χ2v) is 7.95. The molecule has 0 atom stereocenters. The van der Waals surface area contributed by atoms with E-state index in [9.17, 15) is 10.1 Å². The Morgan fingerprint density at radius 3 is 2.65 bits per heavy atom. The number of nitrogens with one attached hydrogen (secondary N) is 1. The first-order valence-corrected chi connectivity index (χ1v) is 10.9. The van der Waals surface area contributed by atoms with Gasteiger partial charge in [0.15, 0.2) is 11.5 Å². The molecule has 1 N–H and O–H groups in total. The summed E-state index contributed by atoms with van der Waals surface area (Å²) in [6.45, 7) is 3.08. The summed E-state index contributed by atoms with van der Waals surface area (Å²) in [5, 5.41) is 14.8. The van der Waals surface area contributed by atoms with Gasteiger partial charge in [-0.1, -0.05) is 35.9 Å². The van der Waals surface area contributed by atoms with Crippen LogP contribution in [-0.4, -0.2) is 12.5 Å². The fourth-order valence-electron chi connectivity index (χ4n) is 2.73. The number of carbonyl (C=O) groups is 1. The van der Waals surface area contributed by atoms with Gasteiger partial charge in [0.05, 0.1) is 13.2 Å². The lowest BCUT2D eigenvalue weighted by Crippen LogP contribution is -2.23. The van der Waals surface area contributed by atoms with Gasteiger partial charge in [-0.2, -0.15) is 5.26 Å². The molecule has 1 amide bonds. The Morgan fingerprint density at radius 1 is 1.16 bits per heavy atom. The van der Waals surface area contributed by atoms with Crippen molar-refractivity contribution in [3.05, 3.63) is 86.6 Å². The molecule has 31 heavy (non-hydrogen) atoms. The van der Waals surface area contributed by atoms with E-state index in [1.165, 1.54) is 6.08 Å². The van der Waals surface area contributed by atoms with E-state index in [1.807, 2.05) is 54.8 Å². The summed E-state index contributed by atoms with van der Waals surface area (Å²) >= 11 is 7.46. The predicted molar refractivity (Wildman–Crippen MR) is 123 cm³/mol. The molecule has 0 saturated heterocycles. The fraction of sp³-hybridized carbons (Fsp3) is 0.167. The summed E-state index contributed by atoms with van der Waals surface area (Å²) in [7, 11) is 0. The van der Waals surface area contributed by atoms with E-state index in [-0.39, 0.29) is 5.57 Å². The number of benzene rings is 2. The monoisotopic (exact) mass is 452 g/mol. The van der Waals surface area contributed by atoms with Crippen LogP contribution in [0.25, 0.3) is 6.08 Å². The van der Waals surface area contributed by atoms with Gasteiger partial charge < -0.3 is 14.8 Å². The molecule has 158 valence electrons. The number of hydrogen-bond acceptors (Lipinski definition) is 5. The lowest BCUT2D eigenvalue weighted by Gasteiger charge is -2.13. The lowest BCUT2D eigenvalue weighted by molar-refractivity contribution is -0.117. The molecule has 0 aliphatic heterocycles. The molecule has 5 nitrogen and oxygen atoms in total. The van der Waals surface area contributed by atoms with E-state index in [0.29, 0.717) is 41.8 Å². The molecular weight excluding hydrogens is 432 g/mol. The van der Waals surface area contributed by atoms with Crippen LogP contribution in [0.15, 0.2) is 65.6 Å². The summed E-state index contributed by atoms with van der Waals surface area (Å²) in [6, 6.07) is 18.5. The summed E-state index contributed by atoms with van der Waals surface area (Å²) in [4.78, 5) is 13.4. The van der Waals surface area contributed by atoms with Crippen LogP contribution in [0.5, 0.6) is 11.5 Å². The maximum Gasteiger partial charge on any atom is 0.262 e. The van der Waals surface area contributed by atoms with Gasteiger partial charge in [0.1, 0.15) is 18.2 Å². The minimum atomic E-state index is -0.420. The molecule has 2 aromatic carbocycles. The average molecular weight is 453 g/mol. The first-order chi connectivity index (χ1) is 15.1. The van der Waals surface area contributed by atoms with Crippen molar-refractivity contribution < 1.29 is 14.3 Å². The van der Waals surface area contributed by atoms with Gasteiger partial charge in [-0.25, -0.2) is 0 Å². The summed E-state index contributed by atoms with van der Waals surface area (Å²) in [5.74, 6) is 0.702. The molecule has 0 unspecified atom stereocenters. The molecule has 0 bridgehead atoms. The Balaban J connectivity index is 1.72. The minimum Gasteiger partial charge on any atom is -0.490 e. The third-order valence-electron chi connectivity index (χ3n) is 4.25. The number of carbonyl (C=O) groups excluding carboxylic acids is 1. The van der Waals surface area contributed by atoms with Crippen molar-refractivity contribution in [2.45, 2.75) is 20.1 Å². The summed E-state index contributed by atoms with van der Waals surface area (Å²) in [5.41, 5.74) is 1.67. The Hall–Kier alpha value is -3.27. The van der Waals surface area contributed by atoms with E-state index in [1.54, 1.807) is 29.5 Å². The highest BCUT2D eigenvalue weighted by atomic mass is 35.5. The Labute approximate surface area is 190 Å². The van der Waals surface area contributed by atoms with Gasteiger partial charge in [0, 0.05) is 9.90 Å². The van der Waals surface area contributed by atoms with Gasteiger partial charge in [-0.3, -0.25) is 4.79 Å². The van der Waals surface area contributed by atoms with Crippen LogP contribution < -0.4 is 14.8 Å². The molecule has 3 aromatic rings. The van der Waals surface area contributed by atoms with E-state index in [4.69, 9.17) is 21.1 Å². The molecule has 3 rings (SSSR count). The maximum absolute atomic E-state index is 12.4. The van der Waals surface area contributed by atoms with Crippen LogP contribution in [0.4, 0.5) is 0 Å². The number of rotatable bonds is 9. The molecule has 0 spiro atoms. The predicted octanol–water partition coefficient (Wildman–Crippen LogP) is 5.60. The Kier molecular flexibility index (Phi) is 8.11. The summed E-state index contributed by atoms with van der Waals surface area (Å²) in [6.07, 6.45) is 1.54. The zero-order chi connectivity index (χ0) is 22.1. The molecule has 0 saturated carbocycles. The number of amides is 1. The van der Waals surface area contributed by atoms with E-state index >= 15 is 0 Å². The highest BCUT2D eigenvalue weighted by molar-refractivity contribution is 7.09. The van der Waals surface area contributed by atoms with Crippen molar-refractivity contribution in [1.29, 1.82) is 5.26 Å². The first kappa shape index (κ1) is 22.4. The number of thiophene rings is 1. The standard InChI is InChI=1S/C24H21ClN2O3S/c1-2-29-23-13-18(7-10-22(23)30-16-17-5-8-20(25)9-6-17)12-19(14-26)24(28)27-15-21-4-3-11-31-21/h3-13H,2,15-16H2,1H3,(H,27,28)/b19-12+. The van der Waals surface area contributed by atoms with Crippen LogP contribution >= 0.6 is 22.9 Å². The molecular formula is C24H21ClN2O3S. The van der Waals surface area contributed by atoms with E-state index in [0.717, 1.165) is 10.4 Å². The molecule has 0 aliphatic carbocycles.